The van der Waals surface area contributed by atoms with Crippen molar-refractivity contribution in [2.45, 2.75) is 32.1 Å². The molecule has 1 aliphatic rings. The molecule has 168 valence electrons. The quantitative estimate of drug-likeness (QED) is 0.426. The summed E-state index contributed by atoms with van der Waals surface area (Å²) in [6, 6.07) is 14.6. The first-order chi connectivity index (χ1) is 15.7. The minimum atomic E-state index is -0.195. The molecule has 7 nitrogen and oxygen atoms in total. The van der Waals surface area contributed by atoms with Crippen LogP contribution >= 0.6 is 11.6 Å². The van der Waals surface area contributed by atoms with Crippen LogP contribution in [-0.4, -0.2) is 47.2 Å². The normalized spacial score (nSPS) is 14.3. The van der Waals surface area contributed by atoms with Gasteiger partial charge in [0.2, 0.25) is 0 Å². The average molecular weight is 454 g/mol. The molecule has 0 aliphatic carbocycles. The maximum absolute atomic E-state index is 12.3. The van der Waals surface area contributed by atoms with E-state index in [1.807, 2.05) is 18.2 Å². The Morgan fingerprint density at radius 3 is 2.62 bits per heavy atom. The number of nitrogens with zero attached hydrogens (tertiary/aromatic N) is 3. The molecule has 1 fully saturated rings. The molecular formula is C24H28ClN5O2. The molecule has 0 spiro atoms. The van der Waals surface area contributed by atoms with Crippen molar-refractivity contribution in [1.29, 1.82) is 0 Å². The second kappa shape index (κ2) is 11.1. The van der Waals surface area contributed by atoms with E-state index in [9.17, 15) is 4.79 Å². The molecule has 2 aromatic carbocycles. The van der Waals surface area contributed by atoms with Gasteiger partial charge in [0, 0.05) is 17.8 Å². The fraction of sp³-hybridized carbons (Fsp3) is 0.375. The summed E-state index contributed by atoms with van der Waals surface area (Å²) >= 11 is 6.42. The van der Waals surface area contributed by atoms with Crippen LogP contribution in [0.3, 0.4) is 0 Å². The summed E-state index contributed by atoms with van der Waals surface area (Å²) in [5.41, 5.74) is 1.80. The van der Waals surface area contributed by atoms with Crippen molar-refractivity contribution in [3.05, 3.63) is 59.1 Å². The molecule has 1 aliphatic heterocycles. The van der Waals surface area contributed by atoms with Gasteiger partial charge in [-0.05, 0) is 75.6 Å². The van der Waals surface area contributed by atoms with Crippen LogP contribution in [0.2, 0.25) is 5.02 Å². The van der Waals surface area contributed by atoms with Gasteiger partial charge in [0.15, 0.2) is 0 Å². The molecule has 8 heteroatoms. The van der Waals surface area contributed by atoms with Crippen molar-refractivity contribution < 1.29 is 9.21 Å². The number of aromatic nitrogens is 2. The first kappa shape index (κ1) is 22.3. The Labute approximate surface area is 193 Å². The minimum Gasteiger partial charge on any atom is -0.403 e. The van der Waals surface area contributed by atoms with E-state index in [1.54, 1.807) is 30.3 Å². The van der Waals surface area contributed by atoms with Crippen LogP contribution in [0.25, 0.3) is 11.5 Å². The van der Waals surface area contributed by atoms with Gasteiger partial charge in [0.25, 0.3) is 11.8 Å². The highest BCUT2D eigenvalue weighted by Crippen LogP contribution is 2.30. The number of anilines is 2. The van der Waals surface area contributed by atoms with Gasteiger partial charge in [-0.2, -0.15) is 0 Å². The zero-order valence-corrected chi connectivity index (χ0v) is 18.8. The Morgan fingerprint density at radius 1 is 1.03 bits per heavy atom. The van der Waals surface area contributed by atoms with Crippen molar-refractivity contribution >= 4 is 29.2 Å². The molecule has 2 N–H and O–H groups in total. The van der Waals surface area contributed by atoms with Gasteiger partial charge in [-0.1, -0.05) is 41.3 Å². The molecular weight excluding hydrogens is 426 g/mol. The Hall–Kier alpha value is -2.90. The molecule has 0 radical (unpaired) electrons. The molecule has 0 unspecified atom stereocenters. The maximum Gasteiger partial charge on any atom is 0.315 e. The number of carbonyl (C=O) groups is 1. The fourth-order valence-electron chi connectivity index (χ4n) is 3.80. The molecule has 1 aromatic heterocycles. The Kier molecular flexibility index (Phi) is 7.74. The van der Waals surface area contributed by atoms with Gasteiger partial charge in [-0.3, -0.25) is 4.79 Å². The van der Waals surface area contributed by atoms with Gasteiger partial charge >= 0.3 is 6.01 Å². The second-order valence-corrected chi connectivity index (χ2v) is 8.37. The summed E-state index contributed by atoms with van der Waals surface area (Å²) in [5, 5.41) is 14.6. The van der Waals surface area contributed by atoms with E-state index in [0.717, 1.165) is 25.9 Å². The Bertz CT molecular complexity index is 1020. The van der Waals surface area contributed by atoms with Crippen LogP contribution in [-0.2, 0) is 0 Å². The Morgan fingerprint density at radius 2 is 1.84 bits per heavy atom. The number of hydrogen-bond donors (Lipinski definition) is 2. The number of halogens is 1. The molecule has 0 bridgehead atoms. The maximum atomic E-state index is 12.3. The monoisotopic (exact) mass is 453 g/mol. The van der Waals surface area contributed by atoms with Crippen molar-refractivity contribution in [3.8, 4) is 11.5 Å². The van der Waals surface area contributed by atoms with Crippen molar-refractivity contribution in [3.63, 3.8) is 0 Å². The highest BCUT2D eigenvalue weighted by Gasteiger charge is 2.14. The molecule has 32 heavy (non-hydrogen) atoms. The lowest BCUT2D eigenvalue weighted by Gasteiger charge is -2.26. The van der Waals surface area contributed by atoms with Crippen LogP contribution in [0.5, 0.6) is 0 Å². The van der Waals surface area contributed by atoms with Crippen LogP contribution in [0.4, 0.5) is 11.7 Å². The third-order valence-electron chi connectivity index (χ3n) is 5.54. The first-order valence-corrected chi connectivity index (χ1v) is 11.5. The molecule has 2 heterocycles. The van der Waals surface area contributed by atoms with E-state index in [2.05, 4.69) is 25.7 Å². The lowest BCUT2D eigenvalue weighted by atomic mass is 10.1. The van der Waals surface area contributed by atoms with Crippen molar-refractivity contribution in [2.24, 2.45) is 0 Å². The summed E-state index contributed by atoms with van der Waals surface area (Å²) in [4.78, 5) is 14.9. The van der Waals surface area contributed by atoms with Gasteiger partial charge in [0.1, 0.15) is 0 Å². The van der Waals surface area contributed by atoms with E-state index in [4.69, 9.17) is 16.0 Å². The van der Waals surface area contributed by atoms with Gasteiger partial charge in [0.05, 0.1) is 10.6 Å². The van der Waals surface area contributed by atoms with Gasteiger partial charge < -0.3 is 20.0 Å². The van der Waals surface area contributed by atoms with Crippen LogP contribution < -0.4 is 10.6 Å². The number of nitrogens with one attached hydrogen (secondary N) is 2. The smallest absolute Gasteiger partial charge is 0.315 e. The minimum absolute atomic E-state index is 0.195. The van der Waals surface area contributed by atoms with E-state index in [1.165, 1.54) is 32.4 Å². The van der Waals surface area contributed by atoms with Crippen LogP contribution in [0.15, 0.2) is 52.9 Å². The lowest BCUT2D eigenvalue weighted by molar-refractivity contribution is 0.102. The Balaban J connectivity index is 1.27. The van der Waals surface area contributed by atoms with Gasteiger partial charge in [-0.15, -0.1) is 5.10 Å². The zero-order valence-electron chi connectivity index (χ0n) is 18.0. The third kappa shape index (κ3) is 6.08. The fourth-order valence-corrected chi connectivity index (χ4v) is 4.06. The van der Waals surface area contributed by atoms with E-state index < -0.39 is 0 Å². The molecule has 4 rings (SSSR count). The SMILES string of the molecule is O=C(Nc1ccc(-c2nnc(NCCCCN3CCCCC3)o2)c(Cl)c1)c1ccccc1. The topological polar surface area (TPSA) is 83.3 Å². The summed E-state index contributed by atoms with van der Waals surface area (Å²) in [6.45, 7) is 4.40. The van der Waals surface area contributed by atoms with E-state index in [-0.39, 0.29) is 5.91 Å². The molecule has 3 aromatic rings. The second-order valence-electron chi connectivity index (χ2n) is 7.96. The number of hydrogen-bond acceptors (Lipinski definition) is 6. The van der Waals surface area contributed by atoms with Crippen molar-refractivity contribution in [1.82, 2.24) is 15.1 Å². The number of rotatable bonds is 9. The number of amides is 1. The van der Waals surface area contributed by atoms with Crippen LogP contribution in [0, 0.1) is 0 Å². The number of piperidine rings is 1. The lowest BCUT2D eigenvalue weighted by Crippen LogP contribution is -2.30. The largest absolute Gasteiger partial charge is 0.403 e. The third-order valence-corrected chi connectivity index (χ3v) is 5.86. The summed E-state index contributed by atoms with van der Waals surface area (Å²) in [6.07, 6.45) is 6.21. The zero-order chi connectivity index (χ0) is 22.2. The summed E-state index contributed by atoms with van der Waals surface area (Å²) < 4.78 is 5.72. The van der Waals surface area contributed by atoms with E-state index in [0.29, 0.717) is 33.7 Å². The highest BCUT2D eigenvalue weighted by molar-refractivity contribution is 6.33. The van der Waals surface area contributed by atoms with Gasteiger partial charge in [-0.25, -0.2) is 0 Å². The average Bonchev–Trinajstić information content (AvgIpc) is 3.29. The number of benzene rings is 2. The van der Waals surface area contributed by atoms with Crippen molar-refractivity contribution in [2.75, 3.05) is 36.8 Å². The molecule has 1 amide bonds. The highest BCUT2D eigenvalue weighted by atomic mass is 35.5. The molecule has 0 saturated carbocycles. The summed E-state index contributed by atoms with van der Waals surface area (Å²) in [7, 11) is 0. The summed E-state index contributed by atoms with van der Waals surface area (Å²) in [5.74, 6) is 0.144. The number of likely N-dealkylation sites (tertiary alicyclic amines) is 1. The predicted molar refractivity (Wildman–Crippen MR) is 127 cm³/mol. The predicted octanol–water partition coefficient (Wildman–Crippen LogP) is 5.32. The van der Waals surface area contributed by atoms with E-state index >= 15 is 0 Å². The molecule has 0 atom stereocenters. The number of carbonyl (C=O) groups excluding carboxylic acids is 1. The first-order valence-electron chi connectivity index (χ1n) is 11.1. The standard InChI is InChI=1S/C24H28ClN5O2/c25-21-17-19(27-22(31)18-9-3-1-4-10-18)11-12-20(21)23-28-29-24(32-23)26-13-5-8-16-30-14-6-2-7-15-30/h1,3-4,9-12,17H,2,5-8,13-16H2,(H,26,29)(H,27,31). The van der Waals surface area contributed by atoms with Crippen LogP contribution in [0.1, 0.15) is 42.5 Å². The number of unbranched alkanes of at least 4 members (excludes halogenated alkanes) is 1. The molecule has 1 saturated heterocycles.